The fraction of sp³-hybridized carbons (Fsp3) is 0.833. The number of carbonyl (C=O) groups is 2. The minimum Gasteiger partial charge on any atom is -0.393 e. The average Bonchev–Trinajstić information content (AvgIpc) is 2.12. The Morgan fingerprint density at radius 1 is 1.07 bits per heavy atom. The highest BCUT2D eigenvalue weighted by Crippen LogP contribution is 2.09. The number of carbonyl (C=O) groups excluding carboxylic acids is 2. The summed E-state index contributed by atoms with van der Waals surface area (Å²) in [5.74, 6) is -0.385. The zero-order chi connectivity index (χ0) is 11.8. The maximum Gasteiger partial charge on any atom is 0.316 e. The van der Waals surface area contributed by atoms with Crippen LogP contribution < -0.4 is 0 Å². The smallest absolute Gasteiger partial charge is 0.316 e. The van der Waals surface area contributed by atoms with E-state index in [0.29, 0.717) is 12.3 Å². The molecule has 0 aliphatic heterocycles. The summed E-state index contributed by atoms with van der Waals surface area (Å²) in [5.41, 5.74) is 0. The van der Waals surface area contributed by atoms with Crippen LogP contribution in [0, 0.1) is 11.8 Å². The third-order valence-electron chi connectivity index (χ3n) is 2.10. The summed E-state index contributed by atoms with van der Waals surface area (Å²) in [6.45, 7) is 7.74. The lowest BCUT2D eigenvalue weighted by Crippen LogP contribution is -2.16. The van der Waals surface area contributed by atoms with Gasteiger partial charge in [0, 0.05) is 6.42 Å². The van der Waals surface area contributed by atoms with Crippen molar-refractivity contribution in [2.45, 2.75) is 53.4 Å². The van der Waals surface area contributed by atoms with E-state index >= 15 is 0 Å². The Bertz CT molecular complexity index is 207. The van der Waals surface area contributed by atoms with Crippen LogP contribution >= 0.6 is 0 Å². The molecule has 3 heteroatoms. The molecule has 0 unspecified atom stereocenters. The zero-order valence-electron chi connectivity index (χ0n) is 10.2. The Kier molecular flexibility index (Phi) is 7.01. The van der Waals surface area contributed by atoms with Gasteiger partial charge >= 0.3 is 11.9 Å². The lowest BCUT2D eigenvalue weighted by atomic mass is 10.1. The van der Waals surface area contributed by atoms with Crippen LogP contribution in [0.2, 0.25) is 0 Å². The van der Waals surface area contributed by atoms with Crippen molar-refractivity contribution >= 4 is 11.9 Å². The zero-order valence-corrected chi connectivity index (χ0v) is 10.2. The van der Waals surface area contributed by atoms with Crippen LogP contribution in [0.4, 0.5) is 0 Å². The van der Waals surface area contributed by atoms with Gasteiger partial charge in [0.15, 0.2) is 0 Å². The van der Waals surface area contributed by atoms with Crippen molar-refractivity contribution in [3.8, 4) is 0 Å². The van der Waals surface area contributed by atoms with Crippen molar-refractivity contribution in [3.63, 3.8) is 0 Å². The standard InChI is InChI=1S/C12H22O3/c1-9(2)7-5-6-8-11(13)15-12(14)10(3)4/h9-10H,5-8H2,1-4H3. The average molecular weight is 214 g/mol. The Balaban J connectivity index is 3.54. The van der Waals surface area contributed by atoms with E-state index in [4.69, 9.17) is 0 Å². The first kappa shape index (κ1) is 14.1. The third-order valence-corrected chi connectivity index (χ3v) is 2.10. The van der Waals surface area contributed by atoms with Gasteiger partial charge in [0.05, 0.1) is 5.92 Å². The summed E-state index contributed by atoms with van der Waals surface area (Å²) >= 11 is 0. The van der Waals surface area contributed by atoms with Gasteiger partial charge in [-0.2, -0.15) is 0 Å². The molecule has 0 aromatic carbocycles. The summed E-state index contributed by atoms with van der Waals surface area (Å²) < 4.78 is 4.64. The molecule has 0 saturated heterocycles. The van der Waals surface area contributed by atoms with E-state index in [9.17, 15) is 9.59 Å². The van der Waals surface area contributed by atoms with Gasteiger partial charge < -0.3 is 4.74 Å². The van der Waals surface area contributed by atoms with Crippen molar-refractivity contribution in [3.05, 3.63) is 0 Å². The topological polar surface area (TPSA) is 43.4 Å². The number of hydrogen-bond acceptors (Lipinski definition) is 3. The van der Waals surface area contributed by atoms with E-state index in [1.807, 2.05) is 0 Å². The normalized spacial score (nSPS) is 10.8. The molecule has 0 saturated carbocycles. The Morgan fingerprint density at radius 3 is 2.13 bits per heavy atom. The highest BCUT2D eigenvalue weighted by atomic mass is 16.6. The second kappa shape index (κ2) is 7.43. The Hall–Kier alpha value is -0.860. The van der Waals surface area contributed by atoms with Crippen molar-refractivity contribution in [1.29, 1.82) is 0 Å². The van der Waals surface area contributed by atoms with Gasteiger partial charge in [-0.15, -0.1) is 0 Å². The van der Waals surface area contributed by atoms with Crippen LogP contribution in [-0.4, -0.2) is 11.9 Å². The van der Waals surface area contributed by atoms with E-state index in [0.717, 1.165) is 19.3 Å². The molecule has 0 aromatic heterocycles. The van der Waals surface area contributed by atoms with Crippen LogP contribution in [-0.2, 0) is 14.3 Å². The van der Waals surface area contributed by atoms with Crippen molar-refractivity contribution in [2.24, 2.45) is 11.8 Å². The van der Waals surface area contributed by atoms with E-state index in [1.165, 1.54) is 0 Å². The molecule has 0 N–H and O–H groups in total. The van der Waals surface area contributed by atoms with Gasteiger partial charge in [-0.25, -0.2) is 0 Å². The molecule has 0 fully saturated rings. The summed E-state index contributed by atoms with van der Waals surface area (Å²) in [7, 11) is 0. The number of hydrogen-bond donors (Lipinski definition) is 0. The summed E-state index contributed by atoms with van der Waals surface area (Å²) in [5, 5.41) is 0. The molecule has 0 amide bonds. The molecule has 0 spiro atoms. The van der Waals surface area contributed by atoms with Crippen molar-refractivity contribution in [1.82, 2.24) is 0 Å². The minimum absolute atomic E-state index is 0.232. The molecule has 88 valence electrons. The molecule has 0 aliphatic rings. The first-order valence-electron chi connectivity index (χ1n) is 5.68. The van der Waals surface area contributed by atoms with Crippen LogP contribution in [0.3, 0.4) is 0 Å². The third kappa shape index (κ3) is 8.16. The number of unbranched alkanes of at least 4 members (excludes halogenated alkanes) is 1. The van der Waals surface area contributed by atoms with E-state index in [2.05, 4.69) is 18.6 Å². The molecule has 0 atom stereocenters. The largest absolute Gasteiger partial charge is 0.393 e. The van der Waals surface area contributed by atoms with Crippen LogP contribution in [0.5, 0.6) is 0 Å². The van der Waals surface area contributed by atoms with Gasteiger partial charge in [0.25, 0.3) is 0 Å². The maximum absolute atomic E-state index is 11.2. The molecular formula is C12H22O3. The summed E-state index contributed by atoms with van der Waals surface area (Å²) in [6, 6.07) is 0. The van der Waals surface area contributed by atoms with Crippen molar-refractivity contribution in [2.75, 3.05) is 0 Å². The van der Waals surface area contributed by atoms with Crippen LogP contribution in [0.25, 0.3) is 0 Å². The lowest BCUT2D eigenvalue weighted by Gasteiger charge is -2.06. The second-order valence-corrected chi connectivity index (χ2v) is 4.59. The minimum atomic E-state index is -0.427. The number of ether oxygens (including phenoxy) is 1. The molecule has 15 heavy (non-hydrogen) atoms. The molecule has 0 bridgehead atoms. The fourth-order valence-corrected chi connectivity index (χ4v) is 1.10. The number of esters is 2. The highest BCUT2D eigenvalue weighted by molar-refractivity contribution is 5.86. The molecule has 3 nitrogen and oxygen atoms in total. The summed E-state index contributed by atoms with van der Waals surface area (Å²) in [6.07, 6.45) is 3.29. The number of rotatable bonds is 6. The van der Waals surface area contributed by atoms with Gasteiger partial charge in [-0.05, 0) is 12.3 Å². The highest BCUT2D eigenvalue weighted by Gasteiger charge is 2.13. The van der Waals surface area contributed by atoms with Gasteiger partial charge in [-0.1, -0.05) is 40.5 Å². The monoisotopic (exact) mass is 214 g/mol. The van der Waals surface area contributed by atoms with E-state index in [1.54, 1.807) is 13.8 Å². The second-order valence-electron chi connectivity index (χ2n) is 4.59. The van der Waals surface area contributed by atoms with Crippen LogP contribution in [0.15, 0.2) is 0 Å². The molecule has 0 rings (SSSR count). The SMILES string of the molecule is CC(C)CCCCC(=O)OC(=O)C(C)C. The predicted octanol–water partition coefficient (Wildman–Crippen LogP) is 2.93. The maximum atomic E-state index is 11.2. The van der Waals surface area contributed by atoms with Gasteiger partial charge in [0.2, 0.25) is 0 Å². The van der Waals surface area contributed by atoms with Gasteiger partial charge in [-0.3, -0.25) is 9.59 Å². The lowest BCUT2D eigenvalue weighted by molar-refractivity contribution is -0.162. The van der Waals surface area contributed by atoms with Crippen molar-refractivity contribution < 1.29 is 14.3 Å². The summed E-state index contributed by atoms with van der Waals surface area (Å²) in [4.78, 5) is 22.2. The molecule has 0 aliphatic carbocycles. The quantitative estimate of drug-likeness (QED) is 0.388. The molecular weight excluding hydrogens is 192 g/mol. The fourth-order valence-electron chi connectivity index (χ4n) is 1.10. The first-order chi connectivity index (χ1) is 6.93. The van der Waals surface area contributed by atoms with Crippen LogP contribution in [0.1, 0.15) is 53.4 Å². The molecule has 0 radical (unpaired) electrons. The van der Waals surface area contributed by atoms with E-state index in [-0.39, 0.29) is 5.92 Å². The van der Waals surface area contributed by atoms with E-state index < -0.39 is 11.9 Å². The predicted molar refractivity (Wildman–Crippen MR) is 59.2 cm³/mol. The molecule has 0 aromatic rings. The Labute approximate surface area is 92.2 Å². The Morgan fingerprint density at radius 2 is 1.67 bits per heavy atom. The van der Waals surface area contributed by atoms with Gasteiger partial charge in [0.1, 0.15) is 0 Å². The molecule has 0 heterocycles. The first-order valence-corrected chi connectivity index (χ1v) is 5.68.